The summed E-state index contributed by atoms with van der Waals surface area (Å²) in [6, 6.07) is 11.7. The summed E-state index contributed by atoms with van der Waals surface area (Å²) in [6.45, 7) is 2.27. The van der Waals surface area contributed by atoms with Crippen LogP contribution in [-0.4, -0.2) is 46.0 Å². The number of likely N-dealkylation sites (N-methyl/N-ethyl adjacent to an activating group) is 1. The molecule has 2 aliphatic rings. The number of nitrogens with one attached hydrogen (secondary N) is 1. The molecule has 0 saturated heterocycles. The second kappa shape index (κ2) is 9.25. The lowest BCUT2D eigenvalue weighted by Crippen LogP contribution is -2.23. The van der Waals surface area contributed by atoms with Crippen LogP contribution in [0, 0.1) is 5.92 Å². The van der Waals surface area contributed by atoms with Crippen molar-refractivity contribution in [2.24, 2.45) is 5.92 Å². The molecule has 1 N–H and O–H groups in total. The van der Waals surface area contributed by atoms with Gasteiger partial charge in [-0.1, -0.05) is 13.0 Å². The number of carbonyl (C=O) groups is 1. The number of nitrogens with zero attached hydrogens (tertiary/aromatic N) is 4. The summed E-state index contributed by atoms with van der Waals surface area (Å²) >= 11 is 0. The standard InChI is InChI=1S/C27H29N5O2/c1-17-4-7-22(12-17)34-23-8-10-28-25(16-23)24-9-11-29-27(31-24)30-21-6-5-18-13-20(14-19(18)15-21)26(33)32(2)3/h5-6,8-11,13,15-17,22H,4,7,12,14H2,1-3H3,(H,29,30,31). The molecule has 1 amide bonds. The first-order valence-corrected chi connectivity index (χ1v) is 11.7. The van der Waals surface area contributed by atoms with Crippen molar-refractivity contribution in [3.63, 3.8) is 0 Å². The van der Waals surface area contributed by atoms with Gasteiger partial charge in [0.2, 0.25) is 11.9 Å². The van der Waals surface area contributed by atoms with Crippen molar-refractivity contribution < 1.29 is 9.53 Å². The van der Waals surface area contributed by atoms with E-state index in [0.717, 1.165) is 58.3 Å². The van der Waals surface area contributed by atoms with Gasteiger partial charge in [0.1, 0.15) is 5.75 Å². The van der Waals surface area contributed by atoms with Gasteiger partial charge in [0.15, 0.2) is 0 Å². The number of amides is 1. The van der Waals surface area contributed by atoms with Gasteiger partial charge >= 0.3 is 0 Å². The predicted octanol–water partition coefficient (Wildman–Crippen LogP) is 4.88. The van der Waals surface area contributed by atoms with Crippen molar-refractivity contribution in [2.45, 2.75) is 38.7 Å². The first-order valence-electron chi connectivity index (χ1n) is 11.7. The fourth-order valence-electron chi connectivity index (χ4n) is 4.62. The van der Waals surface area contributed by atoms with Crippen molar-refractivity contribution in [1.29, 1.82) is 0 Å². The number of pyridine rings is 1. The van der Waals surface area contributed by atoms with Crippen molar-refractivity contribution in [1.82, 2.24) is 19.9 Å². The molecule has 174 valence electrons. The molecule has 1 fully saturated rings. The molecule has 0 bridgehead atoms. The molecule has 0 spiro atoms. The van der Waals surface area contributed by atoms with E-state index >= 15 is 0 Å². The van der Waals surface area contributed by atoms with E-state index < -0.39 is 0 Å². The van der Waals surface area contributed by atoms with Crippen LogP contribution in [0.3, 0.4) is 0 Å². The number of hydrogen-bond acceptors (Lipinski definition) is 6. The van der Waals surface area contributed by atoms with Gasteiger partial charge in [-0.25, -0.2) is 9.97 Å². The summed E-state index contributed by atoms with van der Waals surface area (Å²) in [5, 5.41) is 3.29. The maximum Gasteiger partial charge on any atom is 0.249 e. The Morgan fingerprint density at radius 1 is 1.06 bits per heavy atom. The Labute approximate surface area is 199 Å². The van der Waals surface area contributed by atoms with Crippen LogP contribution in [0.1, 0.15) is 37.3 Å². The van der Waals surface area contributed by atoms with Crippen LogP contribution in [-0.2, 0) is 11.2 Å². The lowest BCUT2D eigenvalue weighted by Gasteiger charge is -2.14. The minimum atomic E-state index is 0.0443. The Hall–Kier alpha value is -3.74. The Kier molecular flexibility index (Phi) is 6.01. The molecule has 2 atom stereocenters. The zero-order chi connectivity index (χ0) is 23.7. The number of hydrogen-bond donors (Lipinski definition) is 1. The van der Waals surface area contributed by atoms with Crippen LogP contribution >= 0.6 is 0 Å². The number of carbonyl (C=O) groups excluding carboxylic acids is 1. The lowest BCUT2D eigenvalue weighted by atomic mass is 10.1. The van der Waals surface area contributed by atoms with Crippen molar-refractivity contribution >= 4 is 23.6 Å². The van der Waals surface area contributed by atoms with Gasteiger partial charge in [0.05, 0.1) is 17.5 Å². The molecule has 7 heteroatoms. The minimum Gasteiger partial charge on any atom is -0.490 e. The zero-order valence-electron chi connectivity index (χ0n) is 19.8. The Bertz CT molecular complexity index is 1250. The second-order valence-electron chi connectivity index (χ2n) is 9.38. The number of anilines is 2. The van der Waals surface area contributed by atoms with Gasteiger partial charge in [0.25, 0.3) is 0 Å². The van der Waals surface area contributed by atoms with Crippen LogP contribution in [0.15, 0.2) is 54.4 Å². The molecule has 0 radical (unpaired) electrons. The highest BCUT2D eigenvalue weighted by Crippen LogP contribution is 2.31. The second-order valence-corrected chi connectivity index (χ2v) is 9.38. The molecule has 7 nitrogen and oxygen atoms in total. The molecule has 2 heterocycles. The smallest absolute Gasteiger partial charge is 0.249 e. The molecular weight excluding hydrogens is 426 g/mol. The molecule has 34 heavy (non-hydrogen) atoms. The minimum absolute atomic E-state index is 0.0443. The van der Waals surface area contributed by atoms with Gasteiger partial charge < -0.3 is 15.0 Å². The number of rotatable bonds is 6. The molecular formula is C27H29N5O2. The Morgan fingerprint density at radius 3 is 2.71 bits per heavy atom. The van der Waals surface area contributed by atoms with Crippen molar-refractivity contribution in [3.8, 4) is 17.1 Å². The van der Waals surface area contributed by atoms with Crippen molar-refractivity contribution in [3.05, 3.63) is 65.5 Å². The van der Waals surface area contributed by atoms with E-state index in [1.165, 1.54) is 6.42 Å². The van der Waals surface area contributed by atoms with E-state index in [2.05, 4.69) is 27.2 Å². The van der Waals surface area contributed by atoms with Gasteiger partial charge in [-0.15, -0.1) is 0 Å². The van der Waals surface area contributed by atoms with Gasteiger partial charge in [0, 0.05) is 50.2 Å². The van der Waals surface area contributed by atoms with E-state index in [1.54, 1.807) is 31.4 Å². The van der Waals surface area contributed by atoms with Gasteiger partial charge in [-0.05, 0) is 66.6 Å². The highest BCUT2D eigenvalue weighted by Gasteiger charge is 2.23. The Morgan fingerprint density at radius 2 is 1.91 bits per heavy atom. The molecule has 2 unspecified atom stereocenters. The summed E-state index contributed by atoms with van der Waals surface area (Å²) < 4.78 is 6.19. The maximum absolute atomic E-state index is 12.3. The monoisotopic (exact) mass is 455 g/mol. The Balaban J connectivity index is 1.29. The van der Waals surface area contributed by atoms with E-state index in [0.29, 0.717) is 12.4 Å². The average Bonchev–Trinajstić information content (AvgIpc) is 3.44. The summed E-state index contributed by atoms with van der Waals surface area (Å²) in [5.74, 6) is 2.08. The highest BCUT2D eigenvalue weighted by molar-refractivity contribution is 6.00. The first kappa shape index (κ1) is 22.1. The van der Waals surface area contributed by atoms with Crippen LogP contribution in [0.4, 0.5) is 11.6 Å². The van der Waals surface area contributed by atoms with Gasteiger partial charge in [-0.3, -0.25) is 9.78 Å². The molecule has 5 rings (SSSR count). The van der Waals surface area contributed by atoms with E-state index in [4.69, 9.17) is 4.74 Å². The van der Waals surface area contributed by atoms with E-state index in [9.17, 15) is 4.79 Å². The molecule has 3 aromatic rings. The highest BCUT2D eigenvalue weighted by atomic mass is 16.5. The molecule has 1 aromatic carbocycles. The quantitative estimate of drug-likeness (QED) is 0.571. The summed E-state index contributed by atoms with van der Waals surface area (Å²) in [5.41, 5.74) is 5.34. The normalized spacial score (nSPS) is 18.9. The first-order chi connectivity index (χ1) is 16.4. The van der Waals surface area contributed by atoms with Crippen LogP contribution in [0.2, 0.25) is 0 Å². The van der Waals surface area contributed by atoms with Crippen LogP contribution in [0.25, 0.3) is 17.5 Å². The number of aromatic nitrogens is 3. The summed E-state index contributed by atoms with van der Waals surface area (Å²) in [7, 11) is 3.55. The molecule has 2 aliphatic carbocycles. The number of benzene rings is 1. The maximum atomic E-state index is 12.3. The number of ether oxygens (including phenoxy) is 1. The average molecular weight is 456 g/mol. The topological polar surface area (TPSA) is 80.2 Å². The molecule has 1 saturated carbocycles. The largest absolute Gasteiger partial charge is 0.490 e. The molecule has 0 aliphatic heterocycles. The molecule has 2 aromatic heterocycles. The third kappa shape index (κ3) is 4.78. The van der Waals surface area contributed by atoms with Crippen LogP contribution in [0.5, 0.6) is 5.75 Å². The third-order valence-electron chi connectivity index (χ3n) is 6.39. The number of fused-ring (bicyclic) bond motifs is 1. The van der Waals surface area contributed by atoms with Gasteiger partial charge in [-0.2, -0.15) is 0 Å². The summed E-state index contributed by atoms with van der Waals surface area (Å²) in [6.07, 6.45) is 9.76. The summed E-state index contributed by atoms with van der Waals surface area (Å²) in [4.78, 5) is 27.5. The SMILES string of the molecule is CC1CCC(Oc2ccnc(-c3ccnc(Nc4ccc5c(c4)CC(C(=O)N(C)C)=C5)n3)c2)C1. The fraction of sp³-hybridized carbons (Fsp3) is 0.333. The van der Waals surface area contributed by atoms with E-state index in [-0.39, 0.29) is 12.0 Å². The van der Waals surface area contributed by atoms with Crippen molar-refractivity contribution in [2.75, 3.05) is 19.4 Å². The van der Waals surface area contributed by atoms with E-state index in [1.807, 2.05) is 42.5 Å². The predicted molar refractivity (Wildman–Crippen MR) is 133 cm³/mol. The zero-order valence-corrected chi connectivity index (χ0v) is 19.8. The lowest BCUT2D eigenvalue weighted by molar-refractivity contribution is -0.124. The fourth-order valence-corrected chi connectivity index (χ4v) is 4.62. The third-order valence-corrected chi connectivity index (χ3v) is 6.39. The van der Waals surface area contributed by atoms with Crippen LogP contribution < -0.4 is 10.1 Å².